The van der Waals surface area contributed by atoms with Gasteiger partial charge in [-0.3, -0.25) is 0 Å². The molecule has 0 aromatic heterocycles. The summed E-state index contributed by atoms with van der Waals surface area (Å²) < 4.78 is 5.15. The van der Waals surface area contributed by atoms with E-state index in [0.717, 1.165) is 12.8 Å². The number of rotatable bonds is 4. The topological polar surface area (TPSA) is 55.5 Å². The molecule has 4 heteroatoms. The first-order valence-corrected chi connectivity index (χ1v) is 5.30. The van der Waals surface area contributed by atoms with Crippen molar-refractivity contribution in [2.75, 3.05) is 7.11 Å². The van der Waals surface area contributed by atoms with E-state index in [-0.39, 0.29) is 11.8 Å². The number of hydrogen-bond acceptors (Lipinski definition) is 3. The van der Waals surface area contributed by atoms with Crippen LogP contribution in [0.2, 0.25) is 5.02 Å². The molecule has 0 unspecified atom stereocenters. The Morgan fingerprint density at radius 3 is 2.73 bits per heavy atom. The molecule has 0 spiro atoms. The standard InChI is InChI=1S/C11H16ClNO2/c1-3-4-8(13)10-9(15-2)6-5-7(12)11(10)14/h5-6,8,14H,3-4,13H2,1-2H3/t8-/m0/s1. The zero-order chi connectivity index (χ0) is 11.4. The van der Waals surface area contributed by atoms with Crippen molar-refractivity contribution in [3.63, 3.8) is 0 Å². The van der Waals surface area contributed by atoms with Gasteiger partial charge in [-0.1, -0.05) is 24.9 Å². The minimum Gasteiger partial charge on any atom is -0.506 e. The smallest absolute Gasteiger partial charge is 0.142 e. The monoisotopic (exact) mass is 229 g/mol. The quantitative estimate of drug-likeness (QED) is 0.835. The SMILES string of the molecule is CCC[C@H](N)c1c(OC)ccc(Cl)c1O. The zero-order valence-electron chi connectivity index (χ0n) is 8.96. The Labute approximate surface area is 94.8 Å². The Hall–Kier alpha value is -0.930. The van der Waals surface area contributed by atoms with Crippen LogP contribution in [0.4, 0.5) is 0 Å². The molecule has 0 heterocycles. The Morgan fingerprint density at radius 2 is 2.20 bits per heavy atom. The van der Waals surface area contributed by atoms with Crippen molar-refractivity contribution < 1.29 is 9.84 Å². The summed E-state index contributed by atoms with van der Waals surface area (Å²) in [6.45, 7) is 2.04. The average molecular weight is 230 g/mol. The van der Waals surface area contributed by atoms with E-state index >= 15 is 0 Å². The van der Waals surface area contributed by atoms with Crippen LogP contribution < -0.4 is 10.5 Å². The van der Waals surface area contributed by atoms with E-state index < -0.39 is 0 Å². The van der Waals surface area contributed by atoms with Crippen molar-refractivity contribution in [2.45, 2.75) is 25.8 Å². The molecule has 0 saturated carbocycles. The lowest BCUT2D eigenvalue weighted by Gasteiger charge is -2.17. The summed E-state index contributed by atoms with van der Waals surface area (Å²) in [4.78, 5) is 0. The number of phenolic OH excluding ortho intramolecular Hbond substituents is 1. The van der Waals surface area contributed by atoms with Gasteiger partial charge in [-0.05, 0) is 18.6 Å². The van der Waals surface area contributed by atoms with Crippen LogP contribution in [0.15, 0.2) is 12.1 Å². The lowest BCUT2D eigenvalue weighted by molar-refractivity contribution is 0.391. The second kappa shape index (κ2) is 5.24. The van der Waals surface area contributed by atoms with Gasteiger partial charge in [-0.2, -0.15) is 0 Å². The molecule has 0 radical (unpaired) electrons. The van der Waals surface area contributed by atoms with Gasteiger partial charge in [-0.15, -0.1) is 0 Å². The number of aromatic hydroxyl groups is 1. The van der Waals surface area contributed by atoms with Gasteiger partial charge in [0.1, 0.15) is 11.5 Å². The highest BCUT2D eigenvalue weighted by molar-refractivity contribution is 6.32. The van der Waals surface area contributed by atoms with Crippen molar-refractivity contribution in [2.24, 2.45) is 5.73 Å². The normalized spacial score (nSPS) is 12.5. The largest absolute Gasteiger partial charge is 0.506 e. The molecule has 1 aromatic carbocycles. The third-order valence-electron chi connectivity index (χ3n) is 2.32. The van der Waals surface area contributed by atoms with Crippen LogP contribution >= 0.6 is 11.6 Å². The number of benzene rings is 1. The number of methoxy groups -OCH3 is 1. The molecule has 0 fully saturated rings. The highest BCUT2D eigenvalue weighted by atomic mass is 35.5. The van der Waals surface area contributed by atoms with Gasteiger partial charge in [0.05, 0.1) is 17.7 Å². The fourth-order valence-electron chi connectivity index (χ4n) is 1.55. The summed E-state index contributed by atoms with van der Waals surface area (Å²) in [5.74, 6) is 0.606. The summed E-state index contributed by atoms with van der Waals surface area (Å²) in [5.41, 5.74) is 6.54. The molecule has 1 aromatic rings. The fraction of sp³-hybridized carbons (Fsp3) is 0.455. The average Bonchev–Trinajstić information content (AvgIpc) is 2.22. The molecular weight excluding hydrogens is 214 g/mol. The molecule has 0 amide bonds. The van der Waals surface area contributed by atoms with E-state index in [0.29, 0.717) is 16.3 Å². The molecule has 3 N–H and O–H groups in total. The first-order chi connectivity index (χ1) is 7.11. The van der Waals surface area contributed by atoms with Gasteiger partial charge in [-0.25, -0.2) is 0 Å². The van der Waals surface area contributed by atoms with Crippen molar-refractivity contribution >= 4 is 11.6 Å². The predicted molar refractivity (Wildman–Crippen MR) is 61.5 cm³/mol. The number of ether oxygens (including phenoxy) is 1. The Bertz CT molecular complexity index is 342. The maximum Gasteiger partial charge on any atom is 0.142 e. The maximum absolute atomic E-state index is 9.81. The molecule has 1 atom stereocenters. The van der Waals surface area contributed by atoms with Gasteiger partial charge in [0.25, 0.3) is 0 Å². The second-order valence-corrected chi connectivity index (χ2v) is 3.81. The van der Waals surface area contributed by atoms with Crippen molar-refractivity contribution in [1.82, 2.24) is 0 Å². The minimum absolute atomic E-state index is 0.0250. The lowest BCUT2D eigenvalue weighted by Crippen LogP contribution is -2.11. The summed E-state index contributed by atoms with van der Waals surface area (Å²) in [7, 11) is 1.55. The van der Waals surface area contributed by atoms with Crippen molar-refractivity contribution in [1.29, 1.82) is 0 Å². The minimum atomic E-state index is -0.247. The molecule has 0 aliphatic carbocycles. The molecule has 0 bridgehead atoms. The Morgan fingerprint density at radius 1 is 1.53 bits per heavy atom. The van der Waals surface area contributed by atoms with Crippen LogP contribution in [0.1, 0.15) is 31.4 Å². The summed E-state index contributed by atoms with van der Waals surface area (Å²) in [6.07, 6.45) is 1.72. The number of phenols is 1. The number of halogens is 1. The molecule has 84 valence electrons. The van der Waals surface area contributed by atoms with Crippen molar-refractivity contribution in [3.05, 3.63) is 22.7 Å². The molecule has 3 nitrogen and oxygen atoms in total. The lowest BCUT2D eigenvalue weighted by atomic mass is 10.0. The Balaban J connectivity index is 3.17. The molecule has 0 saturated heterocycles. The third-order valence-corrected chi connectivity index (χ3v) is 2.62. The van der Waals surface area contributed by atoms with Gasteiger partial charge >= 0.3 is 0 Å². The van der Waals surface area contributed by atoms with Crippen LogP contribution in [0, 0.1) is 0 Å². The van der Waals surface area contributed by atoms with Crippen LogP contribution in [-0.2, 0) is 0 Å². The van der Waals surface area contributed by atoms with E-state index in [4.69, 9.17) is 22.1 Å². The van der Waals surface area contributed by atoms with E-state index in [9.17, 15) is 5.11 Å². The summed E-state index contributed by atoms with van der Waals surface area (Å²) >= 11 is 5.83. The zero-order valence-corrected chi connectivity index (χ0v) is 9.71. The van der Waals surface area contributed by atoms with E-state index in [1.165, 1.54) is 0 Å². The van der Waals surface area contributed by atoms with Gasteiger partial charge in [0.2, 0.25) is 0 Å². The number of nitrogens with two attached hydrogens (primary N) is 1. The van der Waals surface area contributed by atoms with Crippen LogP contribution in [0.25, 0.3) is 0 Å². The van der Waals surface area contributed by atoms with Crippen LogP contribution in [0.5, 0.6) is 11.5 Å². The highest BCUT2D eigenvalue weighted by Crippen LogP contribution is 2.38. The van der Waals surface area contributed by atoms with E-state index in [1.54, 1.807) is 19.2 Å². The fourth-order valence-corrected chi connectivity index (χ4v) is 1.72. The predicted octanol–water partition coefficient (Wildman–Crippen LogP) is 2.85. The van der Waals surface area contributed by atoms with Gasteiger partial charge in [0, 0.05) is 6.04 Å². The molecule has 15 heavy (non-hydrogen) atoms. The second-order valence-electron chi connectivity index (χ2n) is 3.41. The molecule has 1 rings (SSSR count). The van der Waals surface area contributed by atoms with Gasteiger partial charge < -0.3 is 15.6 Å². The first-order valence-electron chi connectivity index (χ1n) is 4.92. The molecule has 0 aliphatic heterocycles. The van der Waals surface area contributed by atoms with Gasteiger partial charge in [0.15, 0.2) is 0 Å². The summed E-state index contributed by atoms with van der Waals surface area (Å²) in [5, 5.41) is 10.1. The number of hydrogen-bond donors (Lipinski definition) is 2. The maximum atomic E-state index is 9.81. The van der Waals surface area contributed by atoms with E-state index in [2.05, 4.69) is 0 Å². The van der Waals surface area contributed by atoms with Crippen molar-refractivity contribution in [3.8, 4) is 11.5 Å². The molecule has 0 aliphatic rings. The van der Waals surface area contributed by atoms with Crippen LogP contribution in [0.3, 0.4) is 0 Å². The summed E-state index contributed by atoms with van der Waals surface area (Å²) in [6, 6.07) is 3.06. The molecular formula is C11H16ClNO2. The van der Waals surface area contributed by atoms with E-state index in [1.807, 2.05) is 6.92 Å². The Kier molecular flexibility index (Phi) is 4.24. The van der Waals surface area contributed by atoms with Crippen LogP contribution in [-0.4, -0.2) is 12.2 Å². The highest BCUT2D eigenvalue weighted by Gasteiger charge is 2.18. The first kappa shape index (κ1) is 12.1. The third kappa shape index (κ3) is 2.55.